The van der Waals surface area contributed by atoms with Gasteiger partial charge in [-0.3, -0.25) is 4.68 Å². The smallest absolute Gasteiger partial charge is 0.509 e. The Hall–Kier alpha value is -4.50. The summed E-state index contributed by atoms with van der Waals surface area (Å²) in [5.41, 5.74) is 11.1. The first kappa shape index (κ1) is 34.4. The zero-order valence-corrected chi connectivity index (χ0v) is 31.2. The first-order valence-electron chi connectivity index (χ1n) is 16.6. The molecule has 0 unspecified atom stereocenters. The van der Waals surface area contributed by atoms with Gasteiger partial charge in [-0.05, 0) is 83.1 Å². The maximum atomic E-state index is 6.44. The van der Waals surface area contributed by atoms with Crippen LogP contribution in [-0.4, -0.2) is 19.3 Å². The van der Waals surface area contributed by atoms with Crippen molar-refractivity contribution < 1.29 is 25.2 Å². The molecular formula is C43H42N4OPd. The van der Waals surface area contributed by atoms with Gasteiger partial charge >= 0.3 is 20.4 Å². The molecule has 7 aromatic rings. The molecule has 0 atom stereocenters. The van der Waals surface area contributed by atoms with Crippen molar-refractivity contribution in [3.63, 3.8) is 0 Å². The minimum atomic E-state index is 0. The molecule has 0 aliphatic rings. The second kappa shape index (κ2) is 12.8. The maximum absolute atomic E-state index is 6.44. The number of hydrogen-bond donors (Lipinski definition) is 0. The number of aromatic nitrogens is 4. The molecule has 4 aromatic carbocycles. The van der Waals surface area contributed by atoms with Crippen molar-refractivity contribution in [2.45, 2.75) is 73.1 Å². The number of benzene rings is 4. The summed E-state index contributed by atoms with van der Waals surface area (Å²) >= 11 is 0. The molecule has 0 fully saturated rings. The number of para-hydroxylation sites is 1. The van der Waals surface area contributed by atoms with Gasteiger partial charge in [-0.1, -0.05) is 83.5 Å². The Kier molecular flexibility index (Phi) is 8.94. The summed E-state index contributed by atoms with van der Waals surface area (Å²) in [7, 11) is 0. The van der Waals surface area contributed by atoms with Crippen molar-refractivity contribution in [1.29, 1.82) is 0 Å². The van der Waals surface area contributed by atoms with Crippen molar-refractivity contribution in [2.75, 3.05) is 0 Å². The number of aryl methyl sites for hydroxylation is 2. The van der Waals surface area contributed by atoms with E-state index in [1.165, 1.54) is 16.7 Å². The van der Waals surface area contributed by atoms with Crippen molar-refractivity contribution in [2.24, 2.45) is 0 Å². The molecule has 3 heterocycles. The van der Waals surface area contributed by atoms with Crippen LogP contribution in [0.3, 0.4) is 0 Å². The van der Waals surface area contributed by atoms with Crippen LogP contribution in [0.5, 0.6) is 11.5 Å². The van der Waals surface area contributed by atoms with Crippen LogP contribution in [0.15, 0.2) is 91.1 Å². The Labute approximate surface area is 303 Å². The molecule has 6 heteroatoms. The van der Waals surface area contributed by atoms with E-state index in [4.69, 9.17) is 14.8 Å². The van der Waals surface area contributed by atoms with E-state index in [0.717, 1.165) is 55.8 Å². The monoisotopic (exact) mass is 736 g/mol. The molecule has 0 N–H and O–H groups in total. The van der Waals surface area contributed by atoms with E-state index in [9.17, 15) is 0 Å². The van der Waals surface area contributed by atoms with Crippen LogP contribution in [-0.2, 0) is 31.3 Å². The number of rotatable bonds is 5. The molecule has 49 heavy (non-hydrogen) atoms. The molecular weight excluding hydrogens is 695 g/mol. The predicted octanol–water partition coefficient (Wildman–Crippen LogP) is 10.9. The van der Waals surface area contributed by atoms with Crippen LogP contribution in [0.2, 0.25) is 0 Å². The summed E-state index contributed by atoms with van der Waals surface area (Å²) in [4.78, 5) is 4.70. The summed E-state index contributed by atoms with van der Waals surface area (Å²) in [6.07, 6.45) is 1.85. The van der Waals surface area contributed by atoms with Gasteiger partial charge in [0.15, 0.2) is 0 Å². The number of fused-ring (bicyclic) bond motifs is 3. The fourth-order valence-corrected chi connectivity index (χ4v) is 6.48. The van der Waals surface area contributed by atoms with Gasteiger partial charge in [-0.25, -0.2) is 4.98 Å². The van der Waals surface area contributed by atoms with Crippen LogP contribution in [0.4, 0.5) is 0 Å². The first-order valence-corrected chi connectivity index (χ1v) is 16.6. The summed E-state index contributed by atoms with van der Waals surface area (Å²) < 4.78 is 10.6. The summed E-state index contributed by atoms with van der Waals surface area (Å²) in [5.74, 6) is 2.06. The predicted molar refractivity (Wildman–Crippen MR) is 197 cm³/mol. The minimum absolute atomic E-state index is 0. The minimum Gasteiger partial charge on any atom is -0.509 e. The molecule has 0 bridgehead atoms. The third kappa shape index (κ3) is 6.48. The average molecular weight is 737 g/mol. The van der Waals surface area contributed by atoms with Gasteiger partial charge in [-0.2, -0.15) is 17.2 Å². The standard InChI is InChI=1S/C43H42N4O.Pd/c1-27-19-20-44-40(21-27)46-38-16-11-10-15-36(38)37-18-17-35(26-39(37)46)48-34-14-12-13-33(25-34)47-29(3)41(28(2)45-47)30-22-31(42(4,5)6)24-32(23-30)43(7,8)9;/h10-24H,1-9H3;/q-2;+2. The maximum Gasteiger partial charge on any atom is 2.00 e. The molecule has 0 saturated carbocycles. The third-order valence-corrected chi connectivity index (χ3v) is 9.13. The Balaban J connectivity index is 0.00000417. The Morgan fingerprint density at radius 2 is 1.39 bits per heavy atom. The van der Waals surface area contributed by atoms with E-state index in [2.05, 4.69) is 134 Å². The molecule has 0 amide bonds. The van der Waals surface area contributed by atoms with Crippen LogP contribution < -0.4 is 4.74 Å². The largest absolute Gasteiger partial charge is 2.00 e. The molecule has 7 rings (SSSR count). The number of ether oxygens (including phenoxy) is 1. The van der Waals surface area contributed by atoms with E-state index in [0.29, 0.717) is 11.5 Å². The van der Waals surface area contributed by atoms with Crippen LogP contribution in [0.25, 0.3) is 44.4 Å². The van der Waals surface area contributed by atoms with Gasteiger partial charge in [0.05, 0.1) is 5.69 Å². The summed E-state index contributed by atoms with van der Waals surface area (Å²) in [5, 5.41) is 7.26. The Morgan fingerprint density at radius 3 is 2.08 bits per heavy atom. The van der Waals surface area contributed by atoms with Gasteiger partial charge in [0, 0.05) is 34.5 Å². The van der Waals surface area contributed by atoms with Crippen molar-refractivity contribution in [3.05, 3.63) is 131 Å². The molecule has 0 spiro atoms. The van der Waals surface area contributed by atoms with Crippen molar-refractivity contribution in [3.8, 4) is 34.1 Å². The Bertz CT molecular complexity index is 2300. The van der Waals surface area contributed by atoms with Gasteiger partial charge < -0.3 is 9.30 Å². The van der Waals surface area contributed by atoms with Gasteiger partial charge in [0.1, 0.15) is 5.82 Å². The van der Waals surface area contributed by atoms with E-state index >= 15 is 0 Å². The molecule has 0 radical (unpaired) electrons. The van der Waals surface area contributed by atoms with E-state index in [1.807, 2.05) is 41.2 Å². The molecule has 3 aromatic heterocycles. The SMILES string of the molecule is Cc1ccnc(-n2c3[c-]c(Oc4[c-]c(-n5nc(C)c(-c6cc(C(C)(C)C)cc(C(C)(C)C)c6)c5C)ccc4)ccc3c3ccccc32)c1.[Pd+2]. The molecule has 0 aliphatic carbocycles. The van der Waals surface area contributed by atoms with Gasteiger partial charge in [-0.15, -0.1) is 35.7 Å². The van der Waals surface area contributed by atoms with Crippen LogP contribution in [0, 0.1) is 32.9 Å². The van der Waals surface area contributed by atoms with E-state index < -0.39 is 0 Å². The van der Waals surface area contributed by atoms with Crippen LogP contribution >= 0.6 is 0 Å². The molecule has 0 saturated heterocycles. The zero-order chi connectivity index (χ0) is 34.0. The van der Waals surface area contributed by atoms with Crippen molar-refractivity contribution >= 4 is 21.8 Å². The number of hydrogen-bond acceptors (Lipinski definition) is 3. The topological polar surface area (TPSA) is 44.9 Å². The first-order chi connectivity index (χ1) is 22.8. The summed E-state index contributed by atoms with van der Waals surface area (Å²) in [6, 6.07) is 36.5. The second-order valence-electron chi connectivity index (χ2n) is 14.9. The third-order valence-electron chi connectivity index (χ3n) is 9.13. The average Bonchev–Trinajstić information content (AvgIpc) is 3.52. The molecule has 5 nitrogen and oxygen atoms in total. The fourth-order valence-electron chi connectivity index (χ4n) is 6.48. The molecule has 0 aliphatic heterocycles. The normalized spacial score (nSPS) is 12.0. The Morgan fingerprint density at radius 1 is 0.694 bits per heavy atom. The second-order valence-corrected chi connectivity index (χ2v) is 14.9. The number of pyridine rings is 1. The summed E-state index contributed by atoms with van der Waals surface area (Å²) in [6.45, 7) is 20.0. The molecule has 250 valence electrons. The van der Waals surface area contributed by atoms with Crippen molar-refractivity contribution in [1.82, 2.24) is 19.3 Å². The zero-order valence-electron chi connectivity index (χ0n) is 29.7. The quantitative estimate of drug-likeness (QED) is 0.131. The number of nitrogens with zero attached hydrogens (tertiary/aromatic N) is 4. The fraction of sp³-hybridized carbons (Fsp3) is 0.256. The van der Waals surface area contributed by atoms with E-state index in [1.54, 1.807) is 0 Å². The van der Waals surface area contributed by atoms with Gasteiger partial charge in [0.2, 0.25) is 0 Å². The van der Waals surface area contributed by atoms with Gasteiger partial charge in [0.25, 0.3) is 0 Å². The van der Waals surface area contributed by atoms with Crippen LogP contribution in [0.1, 0.15) is 69.6 Å². The van der Waals surface area contributed by atoms with E-state index in [-0.39, 0.29) is 31.3 Å².